The first kappa shape index (κ1) is 18.9. The lowest BCUT2D eigenvalue weighted by molar-refractivity contribution is -0.166. The monoisotopic (exact) mass is 383 g/mol. The van der Waals surface area contributed by atoms with Crippen LogP contribution in [0.5, 0.6) is 0 Å². The van der Waals surface area contributed by atoms with Gasteiger partial charge in [-0.2, -0.15) is 13.2 Å². The summed E-state index contributed by atoms with van der Waals surface area (Å²) in [4.78, 5) is 12.1. The normalized spacial score (nSPS) is 13.0. The Kier molecular flexibility index (Phi) is 4.91. The average molecular weight is 383 g/mol. The quantitative estimate of drug-likeness (QED) is 0.646. The summed E-state index contributed by atoms with van der Waals surface area (Å²) < 4.78 is 72.9. The first-order chi connectivity index (χ1) is 12.7. The van der Waals surface area contributed by atoms with Crippen LogP contribution in [0.4, 0.5) is 22.0 Å². The molecule has 0 fully saturated rings. The molecule has 142 valence electrons. The molecule has 0 saturated carbocycles. The van der Waals surface area contributed by atoms with Crippen molar-refractivity contribution in [2.75, 3.05) is 0 Å². The fraction of sp³-hybridized carbons (Fsp3) is 0.211. The number of alkyl halides is 3. The summed E-state index contributed by atoms with van der Waals surface area (Å²) >= 11 is 0. The molecule has 0 aliphatic carbocycles. The first-order valence-corrected chi connectivity index (χ1v) is 7.95. The first-order valence-electron chi connectivity index (χ1n) is 7.95. The highest BCUT2D eigenvalue weighted by Crippen LogP contribution is 2.39. The third-order valence-electron chi connectivity index (χ3n) is 4.10. The highest BCUT2D eigenvalue weighted by Gasteiger charge is 2.45. The standard InChI is InChI=1S/C19H14F5NO2/c1-10-13-8-12(20)9-14(21)17(13)27-16(10)18(19(22,23)24)25-15(26)7-11-5-3-2-4-6-11/h2-6,8-9,18H,7H2,1H3,(H,25,26)/t18-/m1/s1. The number of carbonyl (C=O) groups excluding carboxylic acids is 1. The zero-order valence-corrected chi connectivity index (χ0v) is 14.0. The third kappa shape index (κ3) is 3.94. The Morgan fingerprint density at radius 3 is 2.44 bits per heavy atom. The van der Waals surface area contributed by atoms with E-state index in [1.54, 1.807) is 30.3 Å². The number of fused-ring (bicyclic) bond motifs is 1. The van der Waals surface area contributed by atoms with Crippen LogP contribution < -0.4 is 5.32 Å². The number of aryl methyl sites for hydroxylation is 1. The summed E-state index contributed by atoms with van der Waals surface area (Å²) in [5, 5.41) is 1.77. The molecule has 27 heavy (non-hydrogen) atoms. The summed E-state index contributed by atoms with van der Waals surface area (Å²) in [6.45, 7) is 1.25. The van der Waals surface area contributed by atoms with E-state index < -0.39 is 41.1 Å². The van der Waals surface area contributed by atoms with Crippen LogP contribution in [0.2, 0.25) is 0 Å². The third-order valence-corrected chi connectivity index (χ3v) is 4.10. The van der Waals surface area contributed by atoms with Gasteiger partial charge in [0.25, 0.3) is 0 Å². The maximum atomic E-state index is 13.8. The Labute approximate surface area is 150 Å². The second-order valence-corrected chi connectivity index (χ2v) is 6.06. The van der Waals surface area contributed by atoms with Crippen LogP contribution in [0, 0.1) is 18.6 Å². The second-order valence-electron chi connectivity index (χ2n) is 6.06. The van der Waals surface area contributed by atoms with Gasteiger partial charge in [0.15, 0.2) is 17.4 Å². The number of benzene rings is 2. The van der Waals surface area contributed by atoms with E-state index in [4.69, 9.17) is 4.42 Å². The number of carbonyl (C=O) groups is 1. The molecular weight excluding hydrogens is 369 g/mol. The van der Waals surface area contributed by atoms with E-state index in [1.807, 2.05) is 5.32 Å². The molecule has 0 saturated heterocycles. The molecule has 0 bridgehead atoms. The largest absolute Gasteiger partial charge is 0.455 e. The molecule has 1 amide bonds. The van der Waals surface area contributed by atoms with E-state index in [9.17, 15) is 26.7 Å². The van der Waals surface area contributed by atoms with E-state index in [-0.39, 0.29) is 17.4 Å². The average Bonchev–Trinajstić information content (AvgIpc) is 2.90. The topological polar surface area (TPSA) is 42.2 Å². The van der Waals surface area contributed by atoms with Gasteiger partial charge in [0.05, 0.1) is 6.42 Å². The summed E-state index contributed by atoms with van der Waals surface area (Å²) in [6, 6.07) is 7.16. The van der Waals surface area contributed by atoms with E-state index in [0.717, 1.165) is 6.07 Å². The van der Waals surface area contributed by atoms with Crippen molar-refractivity contribution in [1.29, 1.82) is 0 Å². The van der Waals surface area contributed by atoms with Gasteiger partial charge in [0.2, 0.25) is 5.91 Å². The van der Waals surface area contributed by atoms with E-state index in [2.05, 4.69) is 0 Å². The molecule has 0 spiro atoms. The van der Waals surface area contributed by atoms with E-state index in [1.165, 1.54) is 6.92 Å². The van der Waals surface area contributed by atoms with Gasteiger partial charge in [0, 0.05) is 17.0 Å². The number of hydrogen-bond donors (Lipinski definition) is 1. The minimum absolute atomic E-state index is 0.0919. The second kappa shape index (κ2) is 7.02. The molecule has 8 heteroatoms. The maximum absolute atomic E-state index is 13.8. The summed E-state index contributed by atoms with van der Waals surface area (Å²) in [6.07, 6.45) is -5.16. The van der Waals surface area contributed by atoms with Crippen LogP contribution in [0.15, 0.2) is 46.9 Å². The molecular formula is C19H14F5NO2. The van der Waals surface area contributed by atoms with E-state index >= 15 is 0 Å². The molecule has 3 nitrogen and oxygen atoms in total. The Bertz CT molecular complexity index is 979. The number of halogens is 5. The molecule has 1 atom stereocenters. The van der Waals surface area contributed by atoms with Gasteiger partial charge in [-0.1, -0.05) is 30.3 Å². The minimum Gasteiger partial charge on any atom is -0.455 e. The number of rotatable bonds is 4. The predicted octanol–water partition coefficient (Wildman–Crippen LogP) is 4.98. The van der Waals surface area contributed by atoms with Crippen LogP contribution in [0.1, 0.15) is 22.9 Å². The van der Waals surface area contributed by atoms with Gasteiger partial charge in [-0.25, -0.2) is 8.78 Å². The molecule has 2 aromatic carbocycles. The SMILES string of the molecule is Cc1c([C@@H](NC(=O)Cc2ccccc2)C(F)(F)F)oc2c(F)cc(F)cc12. The zero-order chi connectivity index (χ0) is 19.8. The summed E-state index contributed by atoms with van der Waals surface area (Å²) in [7, 11) is 0. The summed E-state index contributed by atoms with van der Waals surface area (Å²) in [5.41, 5.74) is -0.0495. The molecule has 0 aliphatic rings. The van der Waals surface area contributed by atoms with Crippen LogP contribution >= 0.6 is 0 Å². The zero-order valence-electron chi connectivity index (χ0n) is 14.0. The lowest BCUT2D eigenvalue weighted by Crippen LogP contribution is -2.39. The van der Waals surface area contributed by atoms with Gasteiger partial charge in [-0.05, 0) is 18.6 Å². The summed E-state index contributed by atoms with van der Waals surface area (Å²) in [5.74, 6) is -3.61. The van der Waals surface area contributed by atoms with Crippen molar-refractivity contribution in [2.45, 2.75) is 25.6 Å². The predicted molar refractivity (Wildman–Crippen MR) is 88.0 cm³/mol. The molecule has 3 rings (SSSR count). The van der Waals surface area contributed by atoms with Crippen molar-refractivity contribution < 1.29 is 31.2 Å². The van der Waals surface area contributed by atoms with Gasteiger partial charge in [0.1, 0.15) is 11.6 Å². The van der Waals surface area contributed by atoms with E-state index in [0.29, 0.717) is 11.6 Å². The molecule has 0 unspecified atom stereocenters. The van der Waals surface area contributed by atoms with Crippen molar-refractivity contribution >= 4 is 16.9 Å². The molecule has 1 N–H and O–H groups in total. The molecule has 1 heterocycles. The van der Waals surface area contributed by atoms with Gasteiger partial charge in [-0.15, -0.1) is 0 Å². The Hall–Kier alpha value is -2.90. The number of amides is 1. The molecule has 3 aromatic rings. The van der Waals surface area contributed by atoms with Crippen LogP contribution in [0.25, 0.3) is 11.0 Å². The van der Waals surface area contributed by atoms with Crippen LogP contribution in [-0.2, 0) is 11.2 Å². The Balaban J connectivity index is 1.96. The molecule has 0 radical (unpaired) electrons. The minimum atomic E-state index is -4.89. The smallest absolute Gasteiger partial charge is 0.415 e. The maximum Gasteiger partial charge on any atom is 0.415 e. The van der Waals surface area contributed by atoms with Gasteiger partial charge >= 0.3 is 6.18 Å². The van der Waals surface area contributed by atoms with Crippen LogP contribution in [-0.4, -0.2) is 12.1 Å². The lowest BCUT2D eigenvalue weighted by Gasteiger charge is -2.20. The fourth-order valence-electron chi connectivity index (χ4n) is 2.83. The highest BCUT2D eigenvalue weighted by molar-refractivity contribution is 5.84. The number of furan rings is 1. The Morgan fingerprint density at radius 2 is 1.81 bits per heavy atom. The number of hydrogen-bond acceptors (Lipinski definition) is 2. The number of nitrogens with one attached hydrogen (secondary N) is 1. The van der Waals surface area contributed by atoms with Crippen molar-refractivity contribution in [2.24, 2.45) is 0 Å². The van der Waals surface area contributed by atoms with Gasteiger partial charge < -0.3 is 9.73 Å². The van der Waals surface area contributed by atoms with Crippen molar-refractivity contribution in [1.82, 2.24) is 5.32 Å². The van der Waals surface area contributed by atoms with Crippen molar-refractivity contribution in [3.8, 4) is 0 Å². The molecule has 1 aromatic heterocycles. The van der Waals surface area contributed by atoms with Crippen LogP contribution in [0.3, 0.4) is 0 Å². The van der Waals surface area contributed by atoms with Gasteiger partial charge in [-0.3, -0.25) is 4.79 Å². The lowest BCUT2D eigenvalue weighted by atomic mass is 10.1. The fourth-order valence-corrected chi connectivity index (χ4v) is 2.83. The van der Waals surface area contributed by atoms with Crippen molar-refractivity contribution in [3.05, 3.63) is 71.0 Å². The Morgan fingerprint density at radius 1 is 1.15 bits per heavy atom. The van der Waals surface area contributed by atoms with Crippen molar-refractivity contribution in [3.63, 3.8) is 0 Å². The molecule has 0 aliphatic heterocycles. The highest BCUT2D eigenvalue weighted by atomic mass is 19.4.